The molecule has 10 nitrogen and oxygen atoms in total. The lowest BCUT2D eigenvalue weighted by atomic mass is 9.92. The summed E-state index contributed by atoms with van der Waals surface area (Å²) in [6.07, 6.45) is -2.46. The highest BCUT2D eigenvalue weighted by Gasteiger charge is 2.61. The fraction of sp³-hybridized carbons (Fsp3) is 0.414. The first kappa shape index (κ1) is 28.4. The summed E-state index contributed by atoms with van der Waals surface area (Å²) in [5, 5.41) is 0. The molecular weight excluding hydrogens is 508 g/mol. The van der Waals surface area contributed by atoms with Crippen molar-refractivity contribution in [2.24, 2.45) is 0 Å². The number of ether oxygens (including phenoxy) is 7. The number of rotatable bonds is 10. The molecule has 208 valence electrons. The summed E-state index contributed by atoms with van der Waals surface area (Å²) in [4.78, 5) is 38.9. The van der Waals surface area contributed by atoms with Crippen molar-refractivity contribution in [3.8, 4) is 0 Å². The molecule has 0 N–H and O–H groups in total. The minimum Gasteiger partial charge on any atom is -0.465 e. The van der Waals surface area contributed by atoms with Crippen LogP contribution < -0.4 is 0 Å². The van der Waals surface area contributed by atoms with Crippen molar-refractivity contribution in [3.05, 3.63) is 84.4 Å². The molecule has 0 aromatic heterocycles. The minimum absolute atomic E-state index is 0.0408. The molecular formula is C29H32O10. The summed E-state index contributed by atoms with van der Waals surface area (Å²) in [6.45, 7) is 6.63. The summed E-state index contributed by atoms with van der Waals surface area (Å²) in [6, 6.07) is 16.7. The van der Waals surface area contributed by atoms with Gasteiger partial charge in [-0.3, -0.25) is 0 Å². The van der Waals surface area contributed by atoms with Gasteiger partial charge in [0.2, 0.25) is 0 Å². The molecule has 0 aliphatic carbocycles. The van der Waals surface area contributed by atoms with Crippen LogP contribution in [0.3, 0.4) is 0 Å². The van der Waals surface area contributed by atoms with Gasteiger partial charge >= 0.3 is 17.9 Å². The summed E-state index contributed by atoms with van der Waals surface area (Å²) < 4.78 is 40.7. The van der Waals surface area contributed by atoms with E-state index in [0.29, 0.717) is 5.56 Å². The van der Waals surface area contributed by atoms with E-state index in [1.165, 1.54) is 13.2 Å². The van der Waals surface area contributed by atoms with Crippen LogP contribution >= 0.6 is 0 Å². The fourth-order valence-corrected chi connectivity index (χ4v) is 4.61. The Morgan fingerprint density at radius 3 is 2.18 bits per heavy atom. The molecule has 2 heterocycles. The third kappa shape index (κ3) is 6.54. The minimum atomic E-state index is -1.92. The van der Waals surface area contributed by atoms with Crippen LogP contribution in [0.1, 0.15) is 41.0 Å². The maximum atomic E-state index is 13.1. The summed E-state index contributed by atoms with van der Waals surface area (Å²) in [5.41, 5.74) is 0.586. The Morgan fingerprint density at radius 2 is 1.59 bits per heavy atom. The molecule has 39 heavy (non-hydrogen) atoms. The standard InChI is InChI=1S/C29H32O10/c1-5-16-35-29(27(32)33-4)17-21-23(38-28(2,3)37-21)24(39-29)22(36-26(31)20-14-10-7-11-15-20)18-34-25(30)19-12-8-6-9-13-19/h5-15,21-24H,1,16-18H2,2-4H3/t21-,22-,23-,24-,29-/m1/s1. The van der Waals surface area contributed by atoms with Gasteiger partial charge in [0.25, 0.3) is 5.79 Å². The number of hydrogen-bond acceptors (Lipinski definition) is 10. The predicted molar refractivity (Wildman–Crippen MR) is 137 cm³/mol. The number of hydrogen-bond donors (Lipinski definition) is 0. The van der Waals surface area contributed by atoms with Gasteiger partial charge in [0.15, 0.2) is 11.9 Å². The van der Waals surface area contributed by atoms with Crippen LogP contribution in [0.15, 0.2) is 73.3 Å². The van der Waals surface area contributed by atoms with E-state index in [4.69, 9.17) is 33.2 Å². The van der Waals surface area contributed by atoms with Gasteiger partial charge in [-0.2, -0.15) is 0 Å². The lowest BCUT2D eigenvalue weighted by Crippen LogP contribution is -2.62. The van der Waals surface area contributed by atoms with Gasteiger partial charge in [0.05, 0.1) is 30.9 Å². The van der Waals surface area contributed by atoms with Crippen LogP contribution in [0.4, 0.5) is 0 Å². The Balaban J connectivity index is 1.68. The third-order valence-corrected chi connectivity index (χ3v) is 6.29. The van der Waals surface area contributed by atoms with Crippen molar-refractivity contribution in [1.82, 2.24) is 0 Å². The summed E-state index contributed by atoms with van der Waals surface area (Å²) in [7, 11) is 1.20. The second-order valence-corrected chi connectivity index (χ2v) is 9.54. The van der Waals surface area contributed by atoms with Crippen molar-refractivity contribution in [2.45, 2.75) is 56.3 Å². The number of fused-ring (bicyclic) bond motifs is 1. The molecule has 0 spiro atoms. The highest BCUT2D eigenvalue weighted by atomic mass is 16.8. The molecule has 10 heteroatoms. The van der Waals surface area contributed by atoms with Gasteiger partial charge in [-0.05, 0) is 38.1 Å². The summed E-state index contributed by atoms with van der Waals surface area (Å²) >= 11 is 0. The first-order valence-corrected chi connectivity index (χ1v) is 12.5. The number of esters is 3. The Hall–Kier alpha value is -3.57. The molecule has 5 atom stereocenters. The number of carbonyl (C=O) groups is 3. The van der Waals surface area contributed by atoms with E-state index in [0.717, 1.165) is 0 Å². The first-order valence-electron chi connectivity index (χ1n) is 12.5. The van der Waals surface area contributed by atoms with E-state index in [-0.39, 0.29) is 18.6 Å². The lowest BCUT2D eigenvalue weighted by Gasteiger charge is -2.44. The highest BCUT2D eigenvalue weighted by Crippen LogP contribution is 2.43. The Morgan fingerprint density at radius 1 is 0.974 bits per heavy atom. The average molecular weight is 541 g/mol. The van der Waals surface area contributed by atoms with Crippen molar-refractivity contribution in [3.63, 3.8) is 0 Å². The van der Waals surface area contributed by atoms with Gasteiger partial charge in [0, 0.05) is 6.42 Å². The molecule has 2 aliphatic rings. The molecule has 0 radical (unpaired) electrons. The lowest BCUT2D eigenvalue weighted by molar-refractivity contribution is -0.309. The van der Waals surface area contributed by atoms with E-state index in [2.05, 4.69) is 6.58 Å². The number of carbonyl (C=O) groups excluding carboxylic acids is 3. The zero-order chi connectivity index (χ0) is 28.0. The second kappa shape index (κ2) is 12.1. The van der Waals surface area contributed by atoms with Crippen LogP contribution in [-0.2, 0) is 38.0 Å². The Bertz CT molecular complexity index is 1170. The summed E-state index contributed by atoms with van der Waals surface area (Å²) in [5.74, 6) is -5.09. The molecule has 0 bridgehead atoms. The monoisotopic (exact) mass is 540 g/mol. The van der Waals surface area contributed by atoms with E-state index in [1.807, 2.05) is 0 Å². The van der Waals surface area contributed by atoms with Crippen LogP contribution in [0.5, 0.6) is 0 Å². The fourth-order valence-electron chi connectivity index (χ4n) is 4.61. The molecule has 4 rings (SSSR count). The molecule has 2 aromatic carbocycles. The number of methoxy groups -OCH3 is 1. The highest BCUT2D eigenvalue weighted by molar-refractivity contribution is 5.90. The van der Waals surface area contributed by atoms with E-state index >= 15 is 0 Å². The van der Waals surface area contributed by atoms with Crippen LogP contribution in [-0.4, -0.2) is 74.2 Å². The Labute approximate surface area is 226 Å². The first-order chi connectivity index (χ1) is 18.7. The average Bonchev–Trinajstić information content (AvgIpc) is 3.27. The van der Waals surface area contributed by atoms with E-state index in [9.17, 15) is 14.4 Å². The third-order valence-electron chi connectivity index (χ3n) is 6.29. The van der Waals surface area contributed by atoms with Gasteiger partial charge in [0.1, 0.15) is 18.8 Å². The normalized spacial score (nSPS) is 26.1. The van der Waals surface area contributed by atoms with Crippen LogP contribution in [0, 0.1) is 0 Å². The molecule has 0 amide bonds. The van der Waals surface area contributed by atoms with Crippen LogP contribution in [0.2, 0.25) is 0 Å². The van der Waals surface area contributed by atoms with Crippen molar-refractivity contribution < 1.29 is 47.5 Å². The second-order valence-electron chi connectivity index (χ2n) is 9.54. The Kier molecular flexibility index (Phi) is 8.81. The van der Waals surface area contributed by atoms with Gasteiger partial charge in [-0.15, -0.1) is 6.58 Å². The number of benzene rings is 2. The smallest absolute Gasteiger partial charge is 0.366 e. The predicted octanol–water partition coefficient (Wildman–Crippen LogP) is 3.45. The zero-order valence-electron chi connectivity index (χ0n) is 22.1. The molecule has 2 saturated heterocycles. The van der Waals surface area contributed by atoms with Gasteiger partial charge < -0.3 is 33.2 Å². The molecule has 2 fully saturated rings. The maximum absolute atomic E-state index is 13.1. The molecule has 2 aliphatic heterocycles. The molecule has 2 aromatic rings. The molecule has 0 saturated carbocycles. The maximum Gasteiger partial charge on any atom is 0.366 e. The molecule has 0 unspecified atom stereocenters. The topological polar surface area (TPSA) is 116 Å². The van der Waals surface area contributed by atoms with E-state index < -0.39 is 60.5 Å². The largest absolute Gasteiger partial charge is 0.465 e. The van der Waals surface area contributed by atoms with Crippen molar-refractivity contribution >= 4 is 17.9 Å². The zero-order valence-corrected chi connectivity index (χ0v) is 22.1. The SMILES string of the molecule is C=CCO[C@]1(C(=O)OC)C[C@H]2OC(C)(C)O[C@H]2[C@@H]([C@@H](COC(=O)c2ccccc2)OC(=O)c2ccccc2)O1. The van der Waals surface area contributed by atoms with Gasteiger partial charge in [-0.25, -0.2) is 14.4 Å². The van der Waals surface area contributed by atoms with Crippen molar-refractivity contribution in [2.75, 3.05) is 20.3 Å². The van der Waals surface area contributed by atoms with Gasteiger partial charge in [-0.1, -0.05) is 42.5 Å². The van der Waals surface area contributed by atoms with Crippen LogP contribution in [0.25, 0.3) is 0 Å². The quantitative estimate of drug-likeness (QED) is 0.252. The van der Waals surface area contributed by atoms with E-state index in [1.54, 1.807) is 74.5 Å². The van der Waals surface area contributed by atoms with Crippen molar-refractivity contribution in [1.29, 1.82) is 0 Å².